The summed E-state index contributed by atoms with van der Waals surface area (Å²) in [5.41, 5.74) is -0.693. The molecule has 39 heavy (non-hydrogen) atoms. The quantitative estimate of drug-likeness (QED) is 0.321. The first kappa shape index (κ1) is 27.4. The van der Waals surface area contributed by atoms with Crippen molar-refractivity contribution in [3.63, 3.8) is 0 Å². The van der Waals surface area contributed by atoms with Crippen molar-refractivity contribution in [3.8, 4) is 11.8 Å². The largest absolute Gasteiger partial charge is 0.462 e. The van der Waals surface area contributed by atoms with E-state index in [1.807, 2.05) is 0 Å². The fourth-order valence-electron chi connectivity index (χ4n) is 10.8. The monoisotopic (exact) mass is 536 g/mol. The topological polar surface area (TPSA) is 72.8 Å². The number of esters is 2. The highest BCUT2D eigenvalue weighted by Crippen LogP contribution is 2.70. The minimum atomic E-state index is -1.07. The Labute approximate surface area is 234 Å². The van der Waals surface area contributed by atoms with Gasteiger partial charge in [-0.1, -0.05) is 39.0 Å². The second-order valence-electron chi connectivity index (χ2n) is 14.9. The van der Waals surface area contributed by atoms with E-state index < -0.39 is 16.4 Å². The fourth-order valence-corrected chi connectivity index (χ4v) is 10.8. The summed E-state index contributed by atoms with van der Waals surface area (Å²) in [6.45, 7) is 7.19. The van der Waals surface area contributed by atoms with Crippen LogP contribution in [0.1, 0.15) is 124 Å². The lowest BCUT2D eigenvalue weighted by atomic mass is 9.37. The summed E-state index contributed by atoms with van der Waals surface area (Å²) in [4.78, 5) is 24.8. The number of fused-ring (bicyclic) bond motifs is 4. The van der Waals surface area contributed by atoms with Crippen molar-refractivity contribution in [2.45, 2.75) is 135 Å². The van der Waals surface area contributed by atoms with E-state index in [4.69, 9.17) is 9.47 Å². The van der Waals surface area contributed by atoms with Gasteiger partial charge in [-0.2, -0.15) is 0 Å². The van der Waals surface area contributed by atoms with Gasteiger partial charge in [0.05, 0.1) is 17.4 Å². The van der Waals surface area contributed by atoms with Crippen molar-refractivity contribution in [3.05, 3.63) is 11.6 Å². The standard InChI is InChI=1S/C34H48O5/c1-30-13-5-4-9-27(35)39-26(22-30)29-31(2,25-11-18-33(19-12-25)16-6-7-17-33)14-8-15-32(29,3)34(30,37)20-10-24-21-28(36)38-23-24/h21,25-26,29,37H,4,6-12,14-20,22-23H2,1-3H3/t26-,29+,30+,31+,32+,34-/m1/s1. The number of hydrogen-bond acceptors (Lipinski definition) is 5. The Balaban J connectivity index is 1.39. The Hall–Kier alpha value is -1.80. The van der Waals surface area contributed by atoms with Gasteiger partial charge in [0, 0.05) is 30.3 Å². The van der Waals surface area contributed by atoms with Gasteiger partial charge in [0.1, 0.15) is 12.7 Å². The Bertz CT molecular complexity index is 1100. The molecule has 1 spiro atoms. The minimum Gasteiger partial charge on any atom is -0.462 e. The van der Waals surface area contributed by atoms with Crippen molar-refractivity contribution >= 4 is 11.9 Å². The molecule has 2 heterocycles. The molecule has 214 valence electrons. The highest BCUT2D eigenvalue weighted by atomic mass is 16.5. The normalized spacial score (nSPS) is 43.7. The molecule has 2 bridgehead atoms. The van der Waals surface area contributed by atoms with Gasteiger partial charge in [0.25, 0.3) is 0 Å². The zero-order valence-corrected chi connectivity index (χ0v) is 24.4. The number of carbonyl (C=O) groups excluding carboxylic acids is 2. The van der Waals surface area contributed by atoms with Crippen LogP contribution in [0.2, 0.25) is 0 Å². The molecule has 0 unspecified atom stereocenters. The SMILES string of the molecule is C[C@@]1(C2CCC3(CCCC3)CC2)CCC[C@@]2(C)[C@H]1[C@H]1C[C@](C)(C#CCCC(=O)O1)[C@]2(O)CCC1=CC(=O)OC1. The van der Waals surface area contributed by atoms with Gasteiger partial charge in [0.15, 0.2) is 0 Å². The summed E-state index contributed by atoms with van der Waals surface area (Å²) < 4.78 is 11.6. The van der Waals surface area contributed by atoms with E-state index in [2.05, 4.69) is 32.6 Å². The molecule has 0 aromatic heterocycles. The maximum Gasteiger partial charge on any atom is 0.331 e. The van der Waals surface area contributed by atoms with E-state index in [1.165, 1.54) is 51.4 Å². The van der Waals surface area contributed by atoms with Crippen LogP contribution in [0.5, 0.6) is 0 Å². The van der Waals surface area contributed by atoms with Gasteiger partial charge < -0.3 is 14.6 Å². The predicted molar refractivity (Wildman–Crippen MR) is 149 cm³/mol. The number of ether oxygens (including phenoxy) is 2. The van der Waals surface area contributed by atoms with Crippen LogP contribution in [0.3, 0.4) is 0 Å². The molecular weight excluding hydrogens is 488 g/mol. The van der Waals surface area contributed by atoms with Crippen LogP contribution < -0.4 is 0 Å². The van der Waals surface area contributed by atoms with E-state index in [0.717, 1.165) is 24.8 Å². The highest BCUT2D eigenvalue weighted by molar-refractivity contribution is 5.85. The summed E-state index contributed by atoms with van der Waals surface area (Å²) in [5.74, 6) is 7.02. The third kappa shape index (κ3) is 4.30. The molecular formula is C34H48O5. The van der Waals surface area contributed by atoms with E-state index in [1.54, 1.807) is 6.08 Å². The molecule has 1 N–H and O–H groups in total. The van der Waals surface area contributed by atoms with E-state index >= 15 is 0 Å². The Morgan fingerprint density at radius 2 is 1.74 bits per heavy atom. The molecule has 4 aliphatic carbocycles. The number of hydrogen-bond donors (Lipinski definition) is 1. The van der Waals surface area contributed by atoms with Gasteiger partial charge in [-0.3, -0.25) is 4.79 Å². The van der Waals surface area contributed by atoms with Gasteiger partial charge in [0.2, 0.25) is 0 Å². The summed E-state index contributed by atoms with van der Waals surface area (Å²) in [5, 5.41) is 13.1. The van der Waals surface area contributed by atoms with Gasteiger partial charge >= 0.3 is 11.9 Å². The molecule has 2 aliphatic heterocycles. The number of carbonyl (C=O) groups is 2. The maximum absolute atomic E-state index is 13.1. The molecule has 5 heteroatoms. The molecule has 4 fully saturated rings. The van der Waals surface area contributed by atoms with Gasteiger partial charge in [-0.25, -0.2) is 4.79 Å². The number of aliphatic hydroxyl groups is 1. The summed E-state index contributed by atoms with van der Waals surface area (Å²) >= 11 is 0. The lowest BCUT2D eigenvalue weighted by molar-refractivity contribution is -0.277. The third-order valence-corrected chi connectivity index (χ3v) is 12.9. The molecule has 0 amide bonds. The highest BCUT2D eigenvalue weighted by Gasteiger charge is 2.71. The molecule has 5 nitrogen and oxygen atoms in total. The Kier molecular flexibility index (Phi) is 6.77. The van der Waals surface area contributed by atoms with Crippen molar-refractivity contribution in [2.24, 2.45) is 33.5 Å². The second kappa shape index (κ2) is 9.64. The molecule has 0 radical (unpaired) electrons. The first-order chi connectivity index (χ1) is 18.5. The van der Waals surface area contributed by atoms with Crippen molar-refractivity contribution in [1.82, 2.24) is 0 Å². The van der Waals surface area contributed by atoms with Gasteiger partial charge in [-0.15, -0.1) is 5.92 Å². The zero-order chi connectivity index (χ0) is 27.5. The minimum absolute atomic E-state index is 0.000652. The van der Waals surface area contributed by atoms with Crippen molar-refractivity contribution in [1.29, 1.82) is 0 Å². The van der Waals surface area contributed by atoms with Gasteiger partial charge in [-0.05, 0) is 93.5 Å². The van der Waals surface area contributed by atoms with Crippen LogP contribution in [-0.4, -0.2) is 35.4 Å². The van der Waals surface area contributed by atoms with Crippen LogP contribution in [-0.2, 0) is 19.1 Å². The lowest BCUT2D eigenvalue weighted by Crippen LogP contribution is -2.71. The molecule has 6 atom stereocenters. The lowest BCUT2D eigenvalue weighted by Gasteiger charge is -2.69. The van der Waals surface area contributed by atoms with Crippen LogP contribution >= 0.6 is 0 Å². The first-order valence-electron chi connectivity index (χ1n) is 15.8. The molecule has 0 aromatic carbocycles. The maximum atomic E-state index is 13.1. The smallest absolute Gasteiger partial charge is 0.331 e. The Morgan fingerprint density at radius 1 is 1.00 bits per heavy atom. The number of cyclic esters (lactones) is 1. The molecule has 4 saturated carbocycles. The van der Waals surface area contributed by atoms with Crippen molar-refractivity contribution in [2.75, 3.05) is 6.61 Å². The van der Waals surface area contributed by atoms with Crippen molar-refractivity contribution < 1.29 is 24.2 Å². The number of rotatable bonds is 4. The Morgan fingerprint density at radius 3 is 2.44 bits per heavy atom. The van der Waals surface area contributed by atoms with Crippen LogP contribution in [0.15, 0.2) is 11.6 Å². The van der Waals surface area contributed by atoms with Crippen LogP contribution in [0, 0.1) is 45.3 Å². The second-order valence-corrected chi connectivity index (χ2v) is 14.9. The molecule has 0 saturated heterocycles. The van der Waals surface area contributed by atoms with E-state index in [-0.39, 0.29) is 29.4 Å². The van der Waals surface area contributed by atoms with Crippen LogP contribution in [0.25, 0.3) is 0 Å². The van der Waals surface area contributed by atoms with E-state index in [9.17, 15) is 14.7 Å². The molecule has 6 aliphatic rings. The molecule has 0 aromatic rings. The predicted octanol–water partition coefficient (Wildman–Crippen LogP) is 6.66. The van der Waals surface area contributed by atoms with E-state index in [0.29, 0.717) is 50.0 Å². The average Bonchev–Trinajstić information content (AvgIpc) is 3.54. The third-order valence-electron chi connectivity index (χ3n) is 12.9. The van der Waals surface area contributed by atoms with Crippen LogP contribution in [0.4, 0.5) is 0 Å². The zero-order valence-electron chi connectivity index (χ0n) is 24.4. The fraction of sp³-hybridized carbons (Fsp3) is 0.824. The summed E-state index contributed by atoms with van der Waals surface area (Å²) in [6, 6.07) is 0. The summed E-state index contributed by atoms with van der Waals surface area (Å²) in [6.07, 6.45) is 17.7. The average molecular weight is 537 g/mol. The summed E-state index contributed by atoms with van der Waals surface area (Å²) in [7, 11) is 0. The first-order valence-corrected chi connectivity index (χ1v) is 15.8. The molecule has 6 rings (SSSR count).